The Balaban J connectivity index is 2.49. The minimum Gasteiger partial charge on any atom is -0.475 e. The predicted molar refractivity (Wildman–Crippen MR) is 71.0 cm³/mol. The quantitative estimate of drug-likeness (QED) is 0.664. The highest BCUT2D eigenvalue weighted by Crippen LogP contribution is 2.28. The molecule has 2 rings (SSSR count). The van der Waals surface area contributed by atoms with Crippen LogP contribution < -0.4 is 0 Å². The summed E-state index contributed by atoms with van der Waals surface area (Å²) in [6.45, 7) is 1.65. The average Bonchev–Trinajstić information content (AvgIpc) is 2.83. The van der Waals surface area contributed by atoms with Gasteiger partial charge >= 0.3 is 5.97 Å². The Labute approximate surface area is 119 Å². The molecule has 1 aromatic carbocycles. The van der Waals surface area contributed by atoms with Crippen molar-refractivity contribution in [3.63, 3.8) is 0 Å². The molecule has 0 bridgehead atoms. The summed E-state index contributed by atoms with van der Waals surface area (Å²) < 4.78 is 10.1. The van der Waals surface area contributed by atoms with Crippen LogP contribution in [0.5, 0.6) is 0 Å². The third kappa shape index (κ3) is 2.90. The van der Waals surface area contributed by atoms with Crippen LogP contribution in [0.4, 0.5) is 5.69 Å². The largest absolute Gasteiger partial charge is 0.475 e. The number of rotatable bonds is 5. The molecule has 8 heteroatoms. The van der Waals surface area contributed by atoms with Crippen molar-refractivity contribution in [3.05, 3.63) is 45.3 Å². The molecule has 1 heterocycles. The van der Waals surface area contributed by atoms with E-state index in [1.807, 2.05) is 0 Å². The van der Waals surface area contributed by atoms with Crippen molar-refractivity contribution in [1.29, 1.82) is 0 Å². The molecule has 0 spiro atoms. The number of aromatic nitrogens is 1. The normalized spacial score (nSPS) is 10.6. The van der Waals surface area contributed by atoms with E-state index in [0.29, 0.717) is 11.1 Å². The number of non-ortho nitro benzene ring substituents is 1. The van der Waals surface area contributed by atoms with Crippen LogP contribution in [-0.4, -0.2) is 28.1 Å². The van der Waals surface area contributed by atoms with E-state index in [0.717, 1.165) is 0 Å². The number of carboxylic acid groups (broad SMARTS) is 1. The first-order chi connectivity index (χ1) is 9.93. The SMILES string of the molecule is COCc1nc(-c2ccc([N+](=O)[O-])cc2C)oc1C(=O)O. The summed E-state index contributed by atoms with van der Waals surface area (Å²) in [5, 5.41) is 19.8. The van der Waals surface area contributed by atoms with Crippen LogP contribution in [0.3, 0.4) is 0 Å². The lowest BCUT2D eigenvalue weighted by Gasteiger charge is -2.00. The van der Waals surface area contributed by atoms with Crippen molar-refractivity contribution in [2.24, 2.45) is 0 Å². The monoisotopic (exact) mass is 292 g/mol. The lowest BCUT2D eigenvalue weighted by molar-refractivity contribution is -0.384. The molecule has 1 aromatic heterocycles. The van der Waals surface area contributed by atoms with Gasteiger partial charge in [-0.15, -0.1) is 0 Å². The van der Waals surface area contributed by atoms with E-state index >= 15 is 0 Å². The van der Waals surface area contributed by atoms with Gasteiger partial charge in [0.15, 0.2) is 0 Å². The molecule has 1 N–H and O–H groups in total. The molecule has 21 heavy (non-hydrogen) atoms. The zero-order valence-corrected chi connectivity index (χ0v) is 11.3. The van der Waals surface area contributed by atoms with Crippen molar-refractivity contribution in [1.82, 2.24) is 4.98 Å². The Hall–Kier alpha value is -2.74. The molecule has 2 aromatic rings. The summed E-state index contributed by atoms with van der Waals surface area (Å²) in [5.41, 5.74) is 1.16. The van der Waals surface area contributed by atoms with Gasteiger partial charge in [-0.3, -0.25) is 10.1 Å². The summed E-state index contributed by atoms with van der Waals surface area (Å²) in [5.74, 6) is -1.46. The van der Waals surface area contributed by atoms with Gasteiger partial charge < -0.3 is 14.3 Å². The van der Waals surface area contributed by atoms with E-state index in [1.54, 1.807) is 6.92 Å². The van der Waals surface area contributed by atoms with E-state index in [4.69, 9.17) is 14.3 Å². The van der Waals surface area contributed by atoms with E-state index < -0.39 is 10.9 Å². The number of carboxylic acids is 1. The van der Waals surface area contributed by atoms with Gasteiger partial charge in [-0.25, -0.2) is 9.78 Å². The molecule has 0 saturated heterocycles. The Morgan fingerprint density at radius 3 is 2.76 bits per heavy atom. The highest BCUT2D eigenvalue weighted by Gasteiger charge is 2.21. The van der Waals surface area contributed by atoms with Crippen LogP contribution in [0, 0.1) is 17.0 Å². The van der Waals surface area contributed by atoms with Crippen molar-refractivity contribution in [2.75, 3.05) is 7.11 Å². The summed E-state index contributed by atoms with van der Waals surface area (Å²) in [6.07, 6.45) is 0. The first-order valence-corrected chi connectivity index (χ1v) is 5.91. The van der Waals surface area contributed by atoms with Gasteiger partial charge in [0, 0.05) is 24.8 Å². The number of aromatic carboxylic acids is 1. The van der Waals surface area contributed by atoms with Crippen LogP contribution in [0.25, 0.3) is 11.5 Å². The number of hydrogen-bond acceptors (Lipinski definition) is 6. The fourth-order valence-corrected chi connectivity index (χ4v) is 1.87. The summed E-state index contributed by atoms with van der Waals surface area (Å²) in [6, 6.07) is 4.15. The minimum atomic E-state index is -1.25. The zero-order valence-electron chi connectivity index (χ0n) is 11.3. The van der Waals surface area contributed by atoms with Gasteiger partial charge in [-0.2, -0.15) is 0 Å². The fraction of sp³-hybridized carbons (Fsp3) is 0.231. The maximum atomic E-state index is 11.1. The lowest BCUT2D eigenvalue weighted by Crippen LogP contribution is -2.00. The number of oxazole rings is 1. The molecule has 0 aliphatic heterocycles. The number of nitro benzene ring substituents is 1. The molecular formula is C13H12N2O6. The maximum absolute atomic E-state index is 11.1. The molecule has 0 atom stereocenters. The number of carbonyl (C=O) groups is 1. The van der Waals surface area contributed by atoms with Crippen molar-refractivity contribution < 1.29 is 24.0 Å². The van der Waals surface area contributed by atoms with E-state index in [9.17, 15) is 14.9 Å². The molecule has 0 amide bonds. The Kier molecular flexibility index (Phi) is 3.99. The highest BCUT2D eigenvalue weighted by atomic mass is 16.6. The highest BCUT2D eigenvalue weighted by molar-refractivity contribution is 5.86. The number of ether oxygens (including phenoxy) is 1. The number of methoxy groups -OCH3 is 1. The van der Waals surface area contributed by atoms with Gasteiger partial charge in [0.05, 0.1) is 11.5 Å². The molecule has 0 fully saturated rings. The second-order valence-electron chi connectivity index (χ2n) is 4.29. The average molecular weight is 292 g/mol. The lowest BCUT2D eigenvalue weighted by atomic mass is 10.1. The van der Waals surface area contributed by atoms with Gasteiger partial charge in [0.1, 0.15) is 5.69 Å². The second-order valence-corrected chi connectivity index (χ2v) is 4.29. The van der Waals surface area contributed by atoms with E-state index in [-0.39, 0.29) is 29.6 Å². The van der Waals surface area contributed by atoms with E-state index in [2.05, 4.69) is 4.98 Å². The summed E-state index contributed by atoms with van der Waals surface area (Å²) >= 11 is 0. The van der Waals surface area contributed by atoms with Crippen molar-refractivity contribution in [3.8, 4) is 11.5 Å². The Bertz CT molecular complexity index is 707. The third-order valence-corrected chi connectivity index (χ3v) is 2.82. The number of nitro groups is 1. The molecule has 0 saturated carbocycles. The first kappa shape index (κ1) is 14.7. The zero-order chi connectivity index (χ0) is 15.6. The van der Waals surface area contributed by atoms with Gasteiger partial charge in [0.25, 0.3) is 5.69 Å². The molecule has 8 nitrogen and oxygen atoms in total. The van der Waals surface area contributed by atoms with Crippen LogP contribution >= 0.6 is 0 Å². The third-order valence-electron chi connectivity index (χ3n) is 2.82. The van der Waals surface area contributed by atoms with E-state index in [1.165, 1.54) is 25.3 Å². The molecule has 0 radical (unpaired) electrons. The van der Waals surface area contributed by atoms with Crippen LogP contribution in [0.15, 0.2) is 22.6 Å². The predicted octanol–water partition coefficient (Wildman–Crippen LogP) is 2.40. The molecule has 0 aliphatic carbocycles. The van der Waals surface area contributed by atoms with Crippen molar-refractivity contribution in [2.45, 2.75) is 13.5 Å². The first-order valence-electron chi connectivity index (χ1n) is 5.91. The Morgan fingerprint density at radius 1 is 1.52 bits per heavy atom. The second kappa shape index (κ2) is 5.71. The summed E-state index contributed by atoms with van der Waals surface area (Å²) in [7, 11) is 1.41. The number of hydrogen-bond donors (Lipinski definition) is 1. The maximum Gasteiger partial charge on any atom is 0.373 e. The number of aryl methyl sites for hydroxylation is 1. The summed E-state index contributed by atoms with van der Waals surface area (Å²) in [4.78, 5) is 25.4. The van der Waals surface area contributed by atoms with Gasteiger partial charge in [-0.1, -0.05) is 0 Å². The fourth-order valence-electron chi connectivity index (χ4n) is 1.87. The van der Waals surface area contributed by atoms with Crippen LogP contribution in [0.2, 0.25) is 0 Å². The van der Waals surface area contributed by atoms with Crippen molar-refractivity contribution >= 4 is 11.7 Å². The molecule has 110 valence electrons. The molecule has 0 unspecified atom stereocenters. The smallest absolute Gasteiger partial charge is 0.373 e. The van der Waals surface area contributed by atoms with Gasteiger partial charge in [-0.05, 0) is 18.6 Å². The molecular weight excluding hydrogens is 280 g/mol. The van der Waals surface area contributed by atoms with Crippen LogP contribution in [-0.2, 0) is 11.3 Å². The Morgan fingerprint density at radius 2 is 2.24 bits per heavy atom. The van der Waals surface area contributed by atoms with Gasteiger partial charge in [0.2, 0.25) is 11.7 Å². The minimum absolute atomic E-state index is 0.00282. The molecule has 0 aliphatic rings. The van der Waals surface area contributed by atoms with Crippen LogP contribution in [0.1, 0.15) is 21.8 Å². The number of benzene rings is 1. The number of nitrogens with zero attached hydrogens (tertiary/aromatic N) is 2. The standard InChI is InChI=1S/C13H12N2O6/c1-7-5-8(15(18)19)3-4-9(7)12-14-10(6-20-2)11(21-12)13(16)17/h3-5H,6H2,1-2H3,(H,16,17). The topological polar surface area (TPSA) is 116 Å².